The maximum absolute atomic E-state index is 4.25. The zero-order chi connectivity index (χ0) is 13.9. The summed E-state index contributed by atoms with van der Waals surface area (Å²) in [5.74, 6) is 0. The quantitative estimate of drug-likeness (QED) is 0.789. The van der Waals surface area contributed by atoms with Gasteiger partial charge in [0.25, 0.3) is 0 Å². The molecule has 4 nitrogen and oxygen atoms in total. The Morgan fingerprint density at radius 2 is 1.90 bits per heavy atom. The van der Waals surface area contributed by atoms with Crippen molar-refractivity contribution >= 4 is 11.0 Å². The van der Waals surface area contributed by atoms with Gasteiger partial charge in [0.1, 0.15) is 0 Å². The number of aromatic amines is 1. The summed E-state index contributed by atoms with van der Waals surface area (Å²) in [5, 5.41) is 8.38. The van der Waals surface area contributed by atoms with Crippen LogP contribution in [-0.4, -0.2) is 40.7 Å². The molecule has 0 atom stereocenters. The van der Waals surface area contributed by atoms with Crippen LogP contribution in [0.1, 0.15) is 5.56 Å². The van der Waals surface area contributed by atoms with Gasteiger partial charge in [-0.05, 0) is 38.2 Å². The number of nitrogens with one attached hydrogen (secondary N) is 1. The number of benzene rings is 1. The van der Waals surface area contributed by atoms with E-state index in [1.165, 1.54) is 5.56 Å². The van der Waals surface area contributed by atoms with Gasteiger partial charge in [-0.25, -0.2) is 4.98 Å². The Labute approximate surface area is 118 Å². The summed E-state index contributed by atoms with van der Waals surface area (Å²) < 4.78 is 0. The summed E-state index contributed by atoms with van der Waals surface area (Å²) in [6.07, 6.45) is 2.83. The van der Waals surface area contributed by atoms with E-state index in [-0.39, 0.29) is 0 Å². The van der Waals surface area contributed by atoms with Crippen molar-refractivity contribution in [3.05, 3.63) is 48.2 Å². The van der Waals surface area contributed by atoms with Gasteiger partial charge in [-0.3, -0.25) is 5.10 Å². The monoisotopic (exact) mass is 266 g/mol. The fraction of sp³-hybridized carbons (Fsp3) is 0.250. The van der Waals surface area contributed by atoms with Crippen LogP contribution in [0.2, 0.25) is 0 Å². The van der Waals surface area contributed by atoms with Crippen molar-refractivity contribution in [3.63, 3.8) is 0 Å². The third kappa shape index (κ3) is 2.56. The minimum atomic E-state index is 0.763. The van der Waals surface area contributed by atoms with Crippen molar-refractivity contribution in [2.75, 3.05) is 20.6 Å². The number of rotatable bonds is 4. The lowest BCUT2D eigenvalue weighted by Crippen LogP contribution is -2.14. The largest absolute Gasteiger partial charge is 0.309 e. The molecule has 2 heterocycles. The van der Waals surface area contributed by atoms with Crippen LogP contribution >= 0.6 is 0 Å². The molecule has 0 aliphatic rings. The first-order chi connectivity index (χ1) is 9.74. The summed E-state index contributed by atoms with van der Waals surface area (Å²) in [6, 6.07) is 12.6. The fourth-order valence-electron chi connectivity index (χ4n) is 2.26. The van der Waals surface area contributed by atoms with E-state index in [4.69, 9.17) is 0 Å². The van der Waals surface area contributed by atoms with Crippen LogP contribution < -0.4 is 0 Å². The van der Waals surface area contributed by atoms with Gasteiger partial charge >= 0.3 is 0 Å². The van der Waals surface area contributed by atoms with Gasteiger partial charge in [-0.15, -0.1) is 0 Å². The number of nitrogens with zero attached hydrogens (tertiary/aromatic N) is 3. The molecule has 0 amide bonds. The summed E-state index contributed by atoms with van der Waals surface area (Å²) in [5.41, 5.74) is 4.30. The Bertz CT molecular complexity index is 698. The summed E-state index contributed by atoms with van der Waals surface area (Å²) in [6.45, 7) is 1.07. The molecule has 1 N–H and O–H groups in total. The molecule has 0 aliphatic carbocycles. The van der Waals surface area contributed by atoms with E-state index in [9.17, 15) is 0 Å². The molecule has 0 bridgehead atoms. The molecule has 0 spiro atoms. The lowest BCUT2D eigenvalue weighted by molar-refractivity contribution is 0.413. The highest BCUT2D eigenvalue weighted by Gasteiger charge is 2.07. The van der Waals surface area contributed by atoms with Gasteiger partial charge in [-0.2, -0.15) is 5.10 Å². The Morgan fingerprint density at radius 3 is 2.65 bits per heavy atom. The zero-order valence-corrected chi connectivity index (χ0v) is 11.8. The van der Waals surface area contributed by atoms with Crippen LogP contribution in [0.5, 0.6) is 0 Å². The van der Waals surface area contributed by atoms with Crippen molar-refractivity contribution in [1.82, 2.24) is 20.1 Å². The second-order valence-electron chi connectivity index (χ2n) is 5.22. The molecule has 4 heteroatoms. The van der Waals surface area contributed by atoms with Gasteiger partial charge in [-0.1, -0.05) is 24.3 Å². The van der Waals surface area contributed by atoms with Crippen LogP contribution in [0.15, 0.2) is 42.6 Å². The maximum Gasteiger partial charge on any atom is 0.181 e. The molecule has 3 aromatic rings. The highest BCUT2D eigenvalue weighted by atomic mass is 15.1. The smallest absolute Gasteiger partial charge is 0.181 e. The third-order valence-electron chi connectivity index (χ3n) is 3.42. The van der Waals surface area contributed by atoms with E-state index < -0.39 is 0 Å². The van der Waals surface area contributed by atoms with Crippen LogP contribution in [0.3, 0.4) is 0 Å². The second kappa shape index (κ2) is 5.43. The number of pyridine rings is 1. The number of aromatic nitrogens is 3. The number of likely N-dealkylation sites (N-methyl/N-ethyl adjacent to an activating group) is 1. The first-order valence-corrected chi connectivity index (χ1v) is 6.77. The van der Waals surface area contributed by atoms with Gasteiger partial charge in [0, 0.05) is 23.7 Å². The number of H-pyrrole nitrogens is 1. The minimum absolute atomic E-state index is 0.763. The first-order valence-electron chi connectivity index (χ1n) is 6.77. The van der Waals surface area contributed by atoms with Crippen molar-refractivity contribution in [2.24, 2.45) is 0 Å². The lowest BCUT2D eigenvalue weighted by atomic mass is 10.1. The molecule has 0 aliphatic heterocycles. The van der Waals surface area contributed by atoms with Crippen molar-refractivity contribution in [1.29, 1.82) is 0 Å². The minimum Gasteiger partial charge on any atom is -0.309 e. The molecule has 0 fully saturated rings. The molecular weight excluding hydrogens is 248 g/mol. The standard InChI is InChI=1S/C16H18N4/c1-20(2)11-9-12-5-7-13(8-6-12)15-14-4-3-10-17-16(14)19-18-15/h3-8,10H,9,11H2,1-2H3,(H,17,18,19). The maximum atomic E-state index is 4.25. The fourth-order valence-corrected chi connectivity index (χ4v) is 2.26. The molecule has 2 aromatic heterocycles. The topological polar surface area (TPSA) is 44.8 Å². The Morgan fingerprint density at radius 1 is 1.10 bits per heavy atom. The van der Waals surface area contributed by atoms with Crippen LogP contribution in [0.25, 0.3) is 22.3 Å². The predicted molar refractivity (Wildman–Crippen MR) is 81.6 cm³/mol. The molecule has 0 saturated heterocycles. The molecule has 0 saturated carbocycles. The van der Waals surface area contributed by atoms with E-state index in [0.717, 1.165) is 35.3 Å². The second-order valence-corrected chi connectivity index (χ2v) is 5.22. The highest BCUT2D eigenvalue weighted by Crippen LogP contribution is 2.25. The normalized spacial score (nSPS) is 11.3. The van der Waals surface area contributed by atoms with Gasteiger partial charge in [0.2, 0.25) is 0 Å². The SMILES string of the molecule is CN(C)CCc1ccc(-c2[nH]nc3ncccc23)cc1. The van der Waals surface area contributed by atoms with E-state index in [1.807, 2.05) is 12.1 Å². The van der Waals surface area contributed by atoms with Gasteiger partial charge in [0.15, 0.2) is 5.65 Å². The van der Waals surface area contributed by atoms with E-state index in [0.29, 0.717) is 0 Å². The molecule has 3 rings (SSSR count). The average molecular weight is 266 g/mol. The number of hydrogen-bond donors (Lipinski definition) is 1. The Hall–Kier alpha value is -2.20. The van der Waals surface area contributed by atoms with Crippen LogP contribution in [-0.2, 0) is 6.42 Å². The molecular formula is C16H18N4. The molecule has 0 radical (unpaired) electrons. The molecule has 20 heavy (non-hydrogen) atoms. The average Bonchev–Trinajstić information content (AvgIpc) is 2.89. The van der Waals surface area contributed by atoms with E-state index in [1.54, 1.807) is 6.20 Å². The van der Waals surface area contributed by atoms with Crippen LogP contribution in [0, 0.1) is 0 Å². The Balaban J connectivity index is 1.87. The highest BCUT2D eigenvalue weighted by molar-refractivity contribution is 5.90. The van der Waals surface area contributed by atoms with Crippen molar-refractivity contribution in [3.8, 4) is 11.3 Å². The van der Waals surface area contributed by atoms with Crippen LogP contribution in [0.4, 0.5) is 0 Å². The zero-order valence-electron chi connectivity index (χ0n) is 11.8. The van der Waals surface area contributed by atoms with Gasteiger partial charge < -0.3 is 4.90 Å². The molecule has 102 valence electrons. The van der Waals surface area contributed by atoms with E-state index in [2.05, 4.69) is 58.4 Å². The predicted octanol–water partition coefficient (Wildman–Crippen LogP) is 2.73. The number of hydrogen-bond acceptors (Lipinski definition) is 3. The van der Waals surface area contributed by atoms with Crippen molar-refractivity contribution < 1.29 is 0 Å². The first kappa shape index (κ1) is 12.8. The third-order valence-corrected chi connectivity index (χ3v) is 3.42. The van der Waals surface area contributed by atoms with E-state index >= 15 is 0 Å². The molecule has 1 aromatic carbocycles. The molecule has 0 unspecified atom stereocenters. The van der Waals surface area contributed by atoms with Gasteiger partial charge in [0.05, 0.1) is 5.69 Å². The summed E-state index contributed by atoms with van der Waals surface area (Å²) in [7, 11) is 4.19. The van der Waals surface area contributed by atoms with Crippen molar-refractivity contribution in [2.45, 2.75) is 6.42 Å². The summed E-state index contributed by atoms with van der Waals surface area (Å²) >= 11 is 0. The summed E-state index contributed by atoms with van der Waals surface area (Å²) in [4.78, 5) is 6.44. The lowest BCUT2D eigenvalue weighted by Gasteiger charge is -2.09. The number of fused-ring (bicyclic) bond motifs is 1. The Kier molecular flexibility index (Phi) is 3.48.